The van der Waals surface area contributed by atoms with Crippen LogP contribution in [0.25, 0.3) is 0 Å². The Morgan fingerprint density at radius 3 is 2.83 bits per heavy atom. The van der Waals surface area contributed by atoms with Crippen molar-refractivity contribution in [1.82, 2.24) is 9.36 Å². The van der Waals surface area contributed by atoms with Crippen LogP contribution in [0.3, 0.4) is 0 Å². The summed E-state index contributed by atoms with van der Waals surface area (Å²) in [6.07, 6.45) is 0.930. The number of nitrogens with zero attached hydrogens (tertiary/aromatic N) is 3. The Hall–Kier alpha value is -0.490. The summed E-state index contributed by atoms with van der Waals surface area (Å²) in [6.45, 7) is 10.1. The van der Waals surface area contributed by atoms with Crippen LogP contribution in [-0.2, 0) is 17.2 Å². The third-order valence-electron chi connectivity index (χ3n) is 3.05. The first kappa shape index (κ1) is 13.9. The molecule has 2 heterocycles. The van der Waals surface area contributed by atoms with E-state index >= 15 is 0 Å². The largest absolute Gasteiger partial charge is 0.344 e. The van der Waals surface area contributed by atoms with Crippen LogP contribution in [0.1, 0.15) is 33.5 Å². The van der Waals surface area contributed by atoms with E-state index in [0.717, 1.165) is 36.2 Å². The number of aromatic nitrogens is 2. The number of hydrogen-bond donors (Lipinski definition) is 0. The Morgan fingerprint density at radius 1 is 1.50 bits per heavy atom. The fourth-order valence-corrected chi connectivity index (χ4v) is 4.02. The summed E-state index contributed by atoms with van der Waals surface area (Å²) in [5.41, 5.74) is 0. The summed E-state index contributed by atoms with van der Waals surface area (Å²) in [7, 11) is -0.733. The Kier molecular flexibility index (Phi) is 4.06. The zero-order valence-corrected chi connectivity index (χ0v) is 13.1. The van der Waals surface area contributed by atoms with Crippen LogP contribution >= 0.6 is 11.5 Å². The van der Waals surface area contributed by atoms with E-state index in [0.29, 0.717) is 5.92 Å². The first-order chi connectivity index (χ1) is 8.38. The molecule has 102 valence electrons. The van der Waals surface area contributed by atoms with E-state index in [-0.39, 0.29) is 4.75 Å². The molecule has 0 radical (unpaired) electrons. The van der Waals surface area contributed by atoms with Crippen LogP contribution < -0.4 is 4.90 Å². The smallest absolute Gasteiger partial charge is 0.205 e. The zero-order chi connectivity index (χ0) is 13.3. The first-order valence-corrected chi connectivity index (χ1v) is 8.44. The summed E-state index contributed by atoms with van der Waals surface area (Å²) >= 11 is 1.47. The molecular formula is C12H21N3OS2. The second-order valence-electron chi connectivity index (χ2n) is 5.82. The van der Waals surface area contributed by atoms with E-state index in [1.807, 2.05) is 0 Å². The average molecular weight is 287 g/mol. The van der Waals surface area contributed by atoms with Gasteiger partial charge in [0.2, 0.25) is 5.13 Å². The maximum absolute atomic E-state index is 11.9. The van der Waals surface area contributed by atoms with E-state index < -0.39 is 10.8 Å². The van der Waals surface area contributed by atoms with Crippen molar-refractivity contribution < 1.29 is 4.21 Å². The third-order valence-corrected chi connectivity index (χ3v) is 5.78. The van der Waals surface area contributed by atoms with Crippen molar-refractivity contribution in [1.29, 1.82) is 0 Å². The van der Waals surface area contributed by atoms with Crippen molar-refractivity contribution in [3.05, 3.63) is 5.82 Å². The van der Waals surface area contributed by atoms with Gasteiger partial charge in [0, 0.05) is 47.6 Å². The van der Waals surface area contributed by atoms with E-state index in [4.69, 9.17) is 0 Å². The zero-order valence-electron chi connectivity index (χ0n) is 11.5. The van der Waals surface area contributed by atoms with Crippen LogP contribution in [0, 0.1) is 5.92 Å². The summed E-state index contributed by atoms with van der Waals surface area (Å²) in [5.74, 6) is 2.25. The minimum atomic E-state index is -0.733. The highest BCUT2D eigenvalue weighted by molar-refractivity contribution is 7.86. The molecule has 0 N–H and O–H groups in total. The lowest BCUT2D eigenvalue weighted by atomic mass is 10.1. The predicted octanol–water partition coefficient (Wildman–Crippen LogP) is 2.08. The minimum Gasteiger partial charge on any atom is -0.344 e. The van der Waals surface area contributed by atoms with E-state index in [1.165, 1.54) is 11.5 Å². The molecule has 0 aromatic carbocycles. The molecule has 1 aromatic rings. The van der Waals surface area contributed by atoms with Crippen molar-refractivity contribution in [2.45, 2.75) is 38.9 Å². The second kappa shape index (κ2) is 5.25. The first-order valence-electron chi connectivity index (χ1n) is 6.34. The van der Waals surface area contributed by atoms with Crippen LogP contribution in [0.15, 0.2) is 0 Å². The number of rotatable bonds is 3. The molecule has 1 unspecified atom stereocenters. The van der Waals surface area contributed by atoms with Gasteiger partial charge in [0.25, 0.3) is 0 Å². The molecule has 0 amide bonds. The van der Waals surface area contributed by atoms with Gasteiger partial charge < -0.3 is 4.90 Å². The van der Waals surface area contributed by atoms with Gasteiger partial charge >= 0.3 is 0 Å². The second-order valence-corrected chi connectivity index (χ2v) is 8.76. The molecule has 0 spiro atoms. The Bertz CT molecular complexity index is 442. The highest BCUT2D eigenvalue weighted by Gasteiger charge is 2.34. The SMILES string of the molecule is CC(C)Cc1nsc(N2CCS(=O)C(C)(C)C2)n1. The molecule has 0 saturated carbocycles. The highest BCUT2D eigenvalue weighted by atomic mass is 32.2. The third kappa shape index (κ3) is 3.09. The van der Waals surface area contributed by atoms with Crippen molar-refractivity contribution in [2.75, 3.05) is 23.7 Å². The van der Waals surface area contributed by atoms with E-state index in [1.54, 1.807) is 0 Å². The van der Waals surface area contributed by atoms with Gasteiger partial charge in [-0.05, 0) is 19.8 Å². The molecule has 1 fully saturated rings. The van der Waals surface area contributed by atoms with E-state index in [2.05, 4.69) is 42.0 Å². The van der Waals surface area contributed by atoms with Crippen molar-refractivity contribution in [2.24, 2.45) is 5.92 Å². The van der Waals surface area contributed by atoms with Crippen molar-refractivity contribution >= 4 is 27.5 Å². The number of hydrogen-bond acceptors (Lipinski definition) is 5. The molecule has 0 bridgehead atoms. The summed E-state index contributed by atoms with van der Waals surface area (Å²) < 4.78 is 16.2. The van der Waals surface area contributed by atoms with Crippen molar-refractivity contribution in [3.8, 4) is 0 Å². The molecule has 6 heteroatoms. The van der Waals surface area contributed by atoms with Gasteiger partial charge in [-0.25, -0.2) is 4.98 Å². The fraction of sp³-hybridized carbons (Fsp3) is 0.833. The van der Waals surface area contributed by atoms with Gasteiger partial charge in [0.15, 0.2) is 0 Å². The van der Waals surface area contributed by atoms with Gasteiger partial charge in [-0.1, -0.05) is 13.8 Å². The molecule has 1 saturated heterocycles. The summed E-state index contributed by atoms with van der Waals surface area (Å²) in [5, 5.41) is 0.982. The van der Waals surface area contributed by atoms with E-state index in [9.17, 15) is 4.21 Å². The molecule has 1 aliphatic rings. The maximum Gasteiger partial charge on any atom is 0.205 e. The van der Waals surface area contributed by atoms with Gasteiger partial charge in [-0.2, -0.15) is 4.37 Å². The van der Waals surface area contributed by atoms with Gasteiger partial charge in [-0.3, -0.25) is 4.21 Å². The summed E-state index contributed by atoms with van der Waals surface area (Å²) in [4.78, 5) is 6.82. The van der Waals surface area contributed by atoms with Gasteiger partial charge in [0.1, 0.15) is 5.82 Å². The lowest BCUT2D eigenvalue weighted by Gasteiger charge is -2.36. The molecule has 18 heavy (non-hydrogen) atoms. The van der Waals surface area contributed by atoms with Gasteiger partial charge in [0.05, 0.1) is 4.75 Å². The van der Waals surface area contributed by atoms with Crippen LogP contribution in [-0.4, -0.2) is 37.2 Å². The molecule has 4 nitrogen and oxygen atoms in total. The van der Waals surface area contributed by atoms with Crippen LogP contribution in [0.2, 0.25) is 0 Å². The average Bonchev–Trinajstić information content (AvgIpc) is 2.69. The Labute approximate surface area is 115 Å². The molecule has 1 atom stereocenters. The lowest BCUT2D eigenvalue weighted by molar-refractivity contribution is 0.587. The molecule has 1 aliphatic heterocycles. The fourth-order valence-electron chi connectivity index (χ4n) is 2.06. The Balaban J connectivity index is 2.08. The maximum atomic E-state index is 11.9. The topological polar surface area (TPSA) is 46.1 Å². The monoisotopic (exact) mass is 287 g/mol. The minimum absolute atomic E-state index is 0.151. The Morgan fingerprint density at radius 2 is 2.22 bits per heavy atom. The highest BCUT2D eigenvalue weighted by Crippen LogP contribution is 2.26. The normalized spacial score (nSPS) is 23.6. The standard InChI is InChI=1S/C12H21N3OS2/c1-9(2)7-10-13-11(17-14-10)15-5-6-18(16)12(3,4)8-15/h9H,5-8H2,1-4H3. The van der Waals surface area contributed by atoms with Gasteiger partial charge in [-0.15, -0.1) is 0 Å². The quantitative estimate of drug-likeness (QED) is 0.854. The molecular weight excluding hydrogens is 266 g/mol. The molecule has 1 aromatic heterocycles. The molecule has 2 rings (SSSR count). The number of anilines is 1. The lowest BCUT2D eigenvalue weighted by Crippen LogP contribution is -2.50. The predicted molar refractivity (Wildman–Crippen MR) is 77.8 cm³/mol. The summed E-state index contributed by atoms with van der Waals surface area (Å²) in [6, 6.07) is 0. The van der Waals surface area contributed by atoms with Crippen LogP contribution in [0.4, 0.5) is 5.13 Å². The van der Waals surface area contributed by atoms with Crippen LogP contribution in [0.5, 0.6) is 0 Å². The van der Waals surface area contributed by atoms with Crippen molar-refractivity contribution in [3.63, 3.8) is 0 Å². The molecule has 0 aliphatic carbocycles.